The Morgan fingerprint density at radius 1 is 1.19 bits per heavy atom. The molecular weight excluding hydrogens is 285 g/mol. The smallest absolute Gasteiger partial charge is 0.123 e. The van der Waals surface area contributed by atoms with Crippen molar-refractivity contribution in [1.29, 1.82) is 0 Å². The zero-order valence-electron chi connectivity index (χ0n) is 12.5. The van der Waals surface area contributed by atoms with Crippen molar-refractivity contribution >= 4 is 11.6 Å². The standard InChI is InChI=1S/C18H21ClFN/c1-3-10-21-18(12-14-6-4-5-7-17(14)19)16-9-8-15(20)11-13(16)2/h4-9,11,18,21H,3,10,12H2,1-2H3. The van der Waals surface area contributed by atoms with Crippen molar-refractivity contribution in [1.82, 2.24) is 5.32 Å². The van der Waals surface area contributed by atoms with Gasteiger partial charge in [-0.3, -0.25) is 0 Å². The van der Waals surface area contributed by atoms with Gasteiger partial charge in [-0.25, -0.2) is 4.39 Å². The molecular formula is C18H21ClFN. The summed E-state index contributed by atoms with van der Waals surface area (Å²) in [4.78, 5) is 0. The summed E-state index contributed by atoms with van der Waals surface area (Å²) in [6.07, 6.45) is 1.85. The van der Waals surface area contributed by atoms with Crippen LogP contribution in [-0.2, 0) is 6.42 Å². The largest absolute Gasteiger partial charge is 0.310 e. The van der Waals surface area contributed by atoms with Crippen molar-refractivity contribution in [2.24, 2.45) is 0 Å². The second-order valence-corrected chi connectivity index (χ2v) is 5.71. The Bertz CT molecular complexity index is 598. The van der Waals surface area contributed by atoms with E-state index >= 15 is 0 Å². The van der Waals surface area contributed by atoms with E-state index in [1.807, 2.05) is 37.3 Å². The molecule has 0 aromatic heterocycles. The van der Waals surface area contributed by atoms with E-state index in [0.29, 0.717) is 0 Å². The van der Waals surface area contributed by atoms with E-state index in [0.717, 1.165) is 41.1 Å². The molecule has 0 aliphatic carbocycles. The number of aryl methyl sites for hydroxylation is 1. The van der Waals surface area contributed by atoms with Crippen LogP contribution in [-0.4, -0.2) is 6.54 Å². The number of nitrogens with one attached hydrogen (secondary N) is 1. The number of rotatable bonds is 6. The van der Waals surface area contributed by atoms with Crippen molar-refractivity contribution in [3.63, 3.8) is 0 Å². The van der Waals surface area contributed by atoms with Gasteiger partial charge in [-0.15, -0.1) is 0 Å². The van der Waals surface area contributed by atoms with Crippen LogP contribution in [0.1, 0.15) is 36.1 Å². The average molecular weight is 306 g/mol. The zero-order chi connectivity index (χ0) is 15.2. The second kappa shape index (κ2) is 7.58. The molecule has 0 aliphatic heterocycles. The third-order valence-corrected chi connectivity index (χ3v) is 4.00. The summed E-state index contributed by atoms with van der Waals surface area (Å²) in [5.41, 5.74) is 3.21. The Labute approximate surface area is 131 Å². The lowest BCUT2D eigenvalue weighted by atomic mass is 9.95. The fourth-order valence-electron chi connectivity index (χ4n) is 2.52. The molecule has 1 N–H and O–H groups in total. The summed E-state index contributed by atoms with van der Waals surface area (Å²) in [5.74, 6) is -0.191. The van der Waals surface area contributed by atoms with Gasteiger partial charge in [0.1, 0.15) is 5.82 Å². The molecule has 3 heteroatoms. The van der Waals surface area contributed by atoms with Crippen LogP contribution in [0.5, 0.6) is 0 Å². The van der Waals surface area contributed by atoms with Crippen LogP contribution < -0.4 is 5.32 Å². The molecule has 0 spiro atoms. The Balaban J connectivity index is 2.27. The minimum atomic E-state index is -0.191. The monoisotopic (exact) mass is 305 g/mol. The first-order valence-corrected chi connectivity index (χ1v) is 7.72. The number of halogens is 2. The summed E-state index contributed by atoms with van der Waals surface area (Å²) >= 11 is 6.27. The highest BCUT2D eigenvalue weighted by Gasteiger charge is 2.15. The summed E-state index contributed by atoms with van der Waals surface area (Å²) in [5, 5.41) is 4.32. The van der Waals surface area contributed by atoms with Crippen molar-refractivity contribution in [3.05, 3.63) is 70.0 Å². The molecule has 0 amide bonds. The molecule has 0 bridgehead atoms. The number of hydrogen-bond acceptors (Lipinski definition) is 1. The van der Waals surface area contributed by atoms with Crippen molar-refractivity contribution in [2.75, 3.05) is 6.54 Å². The number of hydrogen-bond donors (Lipinski definition) is 1. The van der Waals surface area contributed by atoms with Gasteiger partial charge in [0.2, 0.25) is 0 Å². The molecule has 0 heterocycles. The lowest BCUT2D eigenvalue weighted by molar-refractivity contribution is 0.525. The maximum Gasteiger partial charge on any atom is 0.123 e. The molecule has 0 aliphatic rings. The Hall–Kier alpha value is -1.38. The van der Waals surface area contributed by atoms with Crippen molar-refractivity contribution in [3.8, 4) is 0 Å². The van der Waals surface area contributed by atoms with E-state index in [1.54, 1.807) is 6.07 Å². The van der Waals surface area contributed by atoms with Gasteiger partial charge in [-0.2, -0.15) is 0 Å². The molecule has 2 aromatic rings. The van der Waals surface area contributed by atoms with Gasteiger partial charge in [-0.05, 0) is 61.2 Å². The van der Waals surface area contributed by atoms with Gasteiger partial charge in [0.15, 0.2) is 0 Å². The normalized spacial score (nSPS) is 12.4. The van der Waals surface area contributed by atoms with Gasteiger partial charge in [-0.1, -0.05) is 42.8 Å². The van der Waals surface area contributed by atoms with E-state index in [-0.39, 0.29) is 11.9 Å². The van der Waals surface area contributed by atoms with Gasteiger partial charge in [0.05, 0.1) is 0 Å². The molecule has 1 unspecified atom stereocenters. The van der Waals surface area contributed by atoms with E-state index in [9.17, 15) is 4.39 Å². The third kappa shape index (κ3) is 4.29. The van der Waals surface area contributed by atoms with E-state index in [2.05, 4.69) is 12.2 Å². The van der Waals surface area contributed by atoms with E-state index in [1.165, 1.54) is 6.07 Å². The summed E-state index contributed by atoms with van der Waals surface area (Å²) in [6, 6.07) is 13.0. The van der Waals surface area contributed by atoms with Gasteiger partial charge < -0.3 is 5.32 Å². The minimum absolute atomic E-state index is 0.144. The van der Waals surface area contributed by atoms with Crippen LogP contribution >= 0.6 is 11.6 Å². The summed E-state index contributed by atoms with van der Waals surface area (Å²) < 4.78 is 13.3. The van der Waals surface area contributed by atoms with Crippen molar-refractivity contribution in [2.45, 2.75) is 32.7 Å². The second-order valence-electron chi connectivity index (χ2n) is 5.30. The molecule has 0 saturated heterocycles. The molecule has 2 rings (SSSR count). The molecule has 0 saturated carbocycles. The Kier molecular flexibility index (Phi) is 5.77. The van der Waals surface area contributed by atoms with E-state index < -0.39 is 0 Å². The highest BCUT2D eigenvalue weighted by atomic mass is 35.5. The average Bonchev–Trinajstić information content (AvgIpc) is 2.46. The first-order valence-electron chi connectivity index (χ1n) is 7.34. The third-order valence-electron chi connectivity index (χ3n) is 3.63. The van der Waals surface area contributed by atoms with Crippen LogP contribution in [0.25, 0.3) is 0 Å². The Morgan fingerprint density at radius 3 is 2.62 bits per heavy atom. The Morgan fingerprint density at radius 2 is 1.95 bits per heavy atom. The zero-order valence-corrected chi connectivity index (χ0v) is 13.3. The maximum absolute atomic E-state index is 13.3. The molecule has 0 fully saturated rings. The molecule has 0 radical (unpaired) electrons. The van der Waals surface area contributed by atoms with Crippen LogP contribution in [0.2, 0.25) is 5.02 Å². The molecule has 2 aromatic carbocycles. The minimum Gasteiger partial charge on any atom is -0.310 e. The summed E-state index contributed by atoms with van der Waals surface area (Å²) in [6.45, 7) is 5.01. The van der Waals surface area contributed by atoms with Crippen LogP contribution in [0, 0.1) is 12.7 Å². The predicted molar refractivity (Wildman–Crippen MR) is 87.3 cm³/mol. The SMILES string of the molecule is CCCNC(Cc1ccccc1Cl)c1ccc(F)cc1C. The molecule has 1 atom stereocenters. The van der Waals surface area contributed by atoms with Gasteiger partial charge in [0.25, 0.3) is 0 Å². The molecule has 21 heavy (non-hydrogen) atoms. The first kappa shape index (κ1) is 16.0. The highest BCUT2D eigenvalue weighted by Crippen LogP contribution is 2.26. The molecule has 1 nitrogen and oxygen atoms in total. The van der Waals surface area contributed by atoms with Gasteiger partial charge in [0, 0.05) is 11.1 Å². The van der Waals surface area contributed by atoms with Gasteiger partial charge >= 0.3 is 0 Å². The maximum atomic E-state index is 13.3. The highest BCUT2D eigenvalue weighted by molar-refractivity contribution is 6.31. The quantitative estimate of drug-likeness (QED) is 0.785. The lowest BCUT2D eigenvalue weighted by Crippen LogP contribution is -2.25. The molecule has 112 valence electrons. The number of benzene rings is 2. The predicted octanol–water partition coefficient (Wildman–Crippen LogP) is 5.07. The fraction of sp³-hybridized carbons (Fsp3) is 0.333. The van der Waals surface area contributed by atoms with Crippen molar-refractivity contribution < 1.29 is 4.39 Å². The van der Waals surface area contributed by atoms with Crippen LogP contribution in [0.3, 0.4) is 0 Å². The topological polar surface area (TPSA) is 12.0 Å². The first-order chi connectivity index (χ1) is 10.1. The fourth-order valence-corrected chi connectivity index (χ4v) is 2.74. The van der Waals surface area contributed by atoms with Crippen LogP contribution in [0.4, 0.5) is 4.39 Å². The van der Waals surface area contributed by atoms with E-state index in [4.69, 9.17) is 11.6 Å². The summed E-state index contributed by atoms with van der Waals surface area (Å²) in [7, 11) is 0. The van der Waals surface area contributed by atoms with Crippen LogP contribution in [0.15, 0.2) is 42.5 Å². The lowest BCUT2D eigenvalue weighted by Gasteiger charge is -2.21.